The largest absolute Gasteiger partial charge is 0.438 e. The van der Waals surface area contributed by atoms with Crippen molar-refractivity contribution in [3.05, 3.63) is 105 Å². The zero-order valence-electron chi connectivity index (χ0n) is 21.0. The Hall–Kier alpha value is -3.06. The van der Waals surface area contributed by atoms with E-state index in [2.05, 4.69) is 33.3 Å². The van der Waals surface area contributed by atoms with Crippen LogP contribution in [-0.4, -0.2) is 40.7 Å². The minimum absolute atomic E-state index is 0.0538. The van der Waals surface area contributed by atoms with Gasteiger partial charge in [-0.25, -0.2) is 4.98 Å². The van der Waals surface area contributed by atoms with E-state index in [9.17, 15) is 10.0 Å². The third kappa shape index (κ3) is 5.77. The zero-order valence-corrected chi connectivity index (χ0v) is 21.8. The number of aromatic nitrogens is 1. The highest BCUT2D eigenvalue weighted by Crippen LogP contribution is 2.39. The molecule has 0 spiro atoms. The summed E-state index contributed by atoms with van der Waals surface area (Å²) in [6, 6.07) is 11.2. The van der Waals surface area contributed by atoms with Gasteiger partial charge in [-0.1, -0.05) is 47.1 Å². The second-order valence-electron chi connectivity index (χ2n) is 10.1. The molecule has 2 atom stereocenters. The van der Waals surface area contributed by atoms with E-state index in [1.54, 1.807) is 6.20 Å². The molecule has 1 aliphatic carbocycles. The topological polar surface area (TPSA) is 75.0 Å². The first kappa shape index (κ1) is 25.6. The lowest BCUT2D eigenvalue weighted by molar-refractivity contribution is -0.0254. The molecular weight excluding hydrogens is 486 g/mol. The number of rotatable bonds is 7. The SMILES string of the molecule is CC(CC1C=CC=C2Oc3ncccc3C(=CCCN3CCC(O)(c4ccc(Cl)cc4)CC3)C=C21)N=O. The number of hydrogen-bond acceptors (Lipinski definition) is 6. The zero-order chi connectivity index (χ0) is 25.8. The molecule has 2 unspecified atom stereocenters. The van der Waals surface area contributed by atoms with Crippen LogP contribution in [0.1, 0.15) is 43.7 Å². The summed E-state index contributed by atoms with van der Waals surface area (Å²) in [5, 5.41) is 15.1. The highest BCUT2D eigenvalue weighted by atomic mass is 35.5. The van der Waals surface area contributed by atoms with Crippen LogP contribution in [0.15, 0.2) is 89.5 Å². The van der Waals surface area contributed by atoms with Crippen LogP contribution in [0.5, 0.6) is 5.88 Å². The van der Waals surface area contributed by atoms with Crippen molar-refractivity contribution in [1.29, 1.82) is 0 Å². The molecule has 1 aromatic heterocycles. The van der Waals surface area contributed by atoms with E-state index in [4.69, 9.17) is 16.3 Å². The molecule has 7 heteroatoms. The van der Waals surface area contributed by atoms with Gasteiger partial charge in [0.2, 0.25) is 5.88 Å². The fourth-order valence-electron chi connectivity index (χ4n) is 5.36. The fraction of sp³-hybridized carbons (Fsp3) is 0.367. The molecule has 6 nitrogen and oxygen atoms in total. The quantitative estimate of drug-likeness (QED) is 0.428. The van der Waals surface area contributed by atoms with Gasteiger partial charge in [-0.15, -0.1) is 0 Å². The third-order valence-electron chi connectivity index (χ3n) is 7.52. The Balaban J connectivity index is 1.30. The molecule has 2 aliphatic heterocycles. The molecule has 1 fully saturated rings. The molecule has 0 amide bonds. The van der Waals surface area contributed by atoms with Crippen molar-refractivity contribution in [2.45, 2.75) is 44.2 Å². The number of allylic oxidation sites excluding steroid dienone is 6. The minimum Gasteiger partial charge on any atom is -0.438 e. The molecule has 0 saturated carbocycles. The lowest BCUT2D eigenvalue weighted by Crippen LogP contribution is -2.42. The highest BCUT2D eigenvalue weighted by molar-refractivity contribution is 6.30. The summed E-state index contributed by atoms with van der Waals surface area (Å²) in [6.45, 7) is 4.41. The molecule has 1 saturated heterocycles. The van der Waals surface area contributed by atoms with Crippen LogP contribution in [0, 0.1) is 10.8 Å². The molecule has 1 aromatic carbocycles. The second-order valence-corrected chi connectivity index (χ2v) is 10.5. The summed E-state index contributed by atoms with van der Waals surface area (Å²) >= 11 is 6.02. The van der Waals surface area contributed by atoms with Gasteiger partial charge >= 0.3 is 0 Å². The van der Waals surface area contributed by atoms with Crippen molar-refractivity contribution in [3.63, 3.8) is 0 Å². The van der Waals surface area contributed by atoms with E-state index in [1.807, 2.05) is 55.5 Å². The first-order chi connectivity index (χ1) is 17.9. The Bertz CT molecular complexity index is 1260. The van der Waals surface area contributed by atoms with Crippen LogP contribution in [0.3, 0.4) is 0 Å². The van der Waals surface area contributed by atoms with Crippen molar-refractivity contribution in [2.24, 2.45) is 11.1 Å². The molecule has 2 aromatic rings. The Morgan fingerprint density at radius 1 is 1.27 bits per heavy atom. The van der Waals surface area contributed by atoms with E-state index in [0.717, 1.165) is 54.1 Å². The van der Waals surface area contributed by atoms with Crippen molar-refractivity contribution < 1.29 is 9.84 Å². The smallest absolute Gasteiger partial charge is 0.227 e. The predicted octanol–water partition coefficient (Wildman–Crippen LogP) is 6.43. The maximum absolute atomic E-state index is 11.2. The molecular formula is C30H32ClN3O3. The Morgan fingerprint density at radius 2 is 2.05 bits per heavy atom. The third-order valence-corrected chi connectivity index (χ3v) is 7.78. The van der Waals surface area contributed by atoms with Crippen molar-refractivity contribution >= 4 is 17.2 Å². The van der Waals surface area contributed by atoms with Crippen LogP contribution in [0.2, 0.25) is 5.02 Å². The van der Waals surface area contributed by atoms with Gasteiger partial charge in [-0.05, 0) is 80.2 Å². The summed E-state index contributed by atoms with van der Waals surface area (Å²) in [5.74, 6) is 1.41. The number of benzene rings is 1. The summed E-state index contributed by atoms with van der Waals surface area (Å²) in [6.07, 6.45) is 15.1. The van der Waals surface area contributed by atoms with Crippen molar-refractivity contribution in [1.82, 2.24) is 9.88 Å². The highest BCUT2D eigenvalue weighted by Gasteiger charge is 2.33. The molecule has 3 aliphatic rings. The number of halogens is 1. The minimum atomic E-state index is -0.799. The molecule has 0 radical (unpaired) electrons. The van der Waals surface area contributed by atoms with Crippen LogP contribution in [0.4, 0.5) is 0 Å². The van der Waals surface area contributed by atoms with Crippen molar-refractivity contribution in [2.75, 3.05) is 19.6 Å². The number of nitrogens with zero attached hydrogens (tertiary/aromatic N) is 3. The van der Waals surface area contributed by atoms with Gasteiger partial charge in [0.25, 0.3) is 0 Å². The average Bonchev–Trinajstić information content (AvgIpc) is 3.07. The Kier molecular flexibility index (Phi) is 7.70. The molecule has 5 rings (SSSR count). The number of piperidine rings is 1. The van der Waals surface area contributed by atoms with Crippen LogP contribution >= 0.6 is 11.6 Å². The number of aliphatic hydroxyl groups is 1. The van der Waals surface area contributed by atoms with Gasteiger partial charge < -0.3 is 14.7 Å². The number of nitroso groups, excluding NO2 is 1. The maximum Gasteiger partial charge on any atom is 0.227 e. The maximum atomic E-state index is 11.2. The number of pyridine rings is 1. The average molecular weight is 518 g/mol. The molecule has 192 valence electrons. The molecule has 3 heterocycles. The first-order valence-electron chi connectivity index (χ1n) is 12.9. The first-order valence-corrected chi connectivity index (χ1v) is 13.3. The van der Waals surface area contributed by atoms with E-state index in [1.165, 1.54) is 0 Å². The summed E-state index contributed by atoms with van der Waals surface area (Å²) in [7, 11) is 0. The van der Waals surface area contributed by atoms with E-state index in [0.29, 0.717) is 30.2 Å². The van der Waals surface area contributed by atoms with Crippen LogP contribution in [0.25, 0.3) is 5.57 Å². The normalized spacial score (nSPS) is 22.7. The summed E-state index contributed by atoms with van der Waals surface area (Å²) in [4.78, 5) is 18.0. The monoisotopic (exact) mass is 517 g/mol. The predicted molar refractivity (Wildman–Crippen MR) is 147 cm³/mol. The summed E-state index contributed by atoms with van der Waals surface area (Å²) < 4.78 is 6.24. The van der Waals surface area contributed by atoms with Gasteiger partial charge in [0, 0.05) is 47.9 Å². The lowest BCUT2D eigenvalue weighted by atomic mass is 9.84. The fourth-order valence-corrected chi connectivity index (χ4v) is 5.48. The standard InChI is InChI=1S/C30H32ClN3O3/c1-21(33-36)19-22-5-2-8-28-27(22)20-23(26-7-3-15-32-29(26)37-28)6-4-16-34-17-13-30(35,14-18-34)24-9-11-25(31)12-10-24/h2-3,5-12,15,20-22,35H,4,13-14,16-19H2,1H3. The molecule has 1 N–H and O–H groups in total. The lowest BCUT2D eigenvalue weighted by Gasteiger charge is -2.38. The van der Waals surface area contributed by atoms with Crippen LogP contribution < -0.4 is 4.74 Å². The number of ether oxygens (including phenoxy) is 1. The second kappa shape index (κ2) is 11.1. The van der Waals surface area contributed by atoms with Gasteiger partial charge in [0.1, 0.15) is 5.76 Å². The molecule has 0 bridgehead atoms. The number of likely N-dealkylation sites (tertiary alicyclic amines) is 1. The van der Waals surface area contributed by atoms with Gasteiger partial charge in [0.05, 0.1) is 11.6 Å². The number of fused-ring (bicyclic) bond motifs is 2. The Labute approximate surface area is 223 Å². The van der Waals surface area contributed by atoms with E-state index in [-0.39, 0.29) is 12.0 Å². The summed E-state index contributed by atoms with van der Waals surface area (Å²) in [5.41, 5.74) is 3.22. The van der Waals surface area contributed by atoms with Gasteiger partial charge in [-0.3, -0.25) is 0 Å². The van der Waals surface area contributed by atoms with Gasteiger partial charge in [0.15, 0.2) is 0 Å². The van der Waals surface area contributed by atoms with E-state index >= 15 is 0 Å². The number of hydrogen-bond donors (Lipinski definition) is 1. The van der Waals surface area contributed by atoms with Gasteiger partial charge in [-0.2, -0.15) is 4.91 Å². The van der Waals surface area contributed by atoms with Crippen molar-refractivity contribution in [3.8, 4) is 5.88 Å². The molecule has 37 heavy (non-hydrogen) atoms. The van der Waals surface area contributed by atoms with Crippen LogP contribution in [-0.2, 0) is 5.60 Å². The van der Waals surface area contributed by atoms with E-state index < -0.39 is 5.60 Å². The Morgan fingerprint density at radius 3 is 2.81 bits per heavy atom.